The van der Waals surface area contributed by atoms with Crippen LogP contribution in [0, 0.1) is 0 Å². The lowest BCUT2D eigenvalue weighted by atomic mass is 10.1. The first-order valence-corrected chi connectivity index (χ1v) is 9.43. The van der Waals surface area contributed by atoms with Gasteiger partial charge in [0.2, 0.25) is 5.89 Å². The van der Waals surface area contributed by atoms with Gasteiger partial charge in [0, 0.05) is 32.6 Å². The minimum atomic E-state index is -2.97. The van der Waals surface area contributed by atoms with Gasteiger partial charge < -0.3 is 14.2 Å². The fourth-order valence-electron chi connectivity index (χ4n) is 3.11. The van der Waals surface area contributed by atoms with Crippen molar-refractivity contribution in [3.63, 3.8) is 0 Å². The van der Waals surface area contributed by atoms with Crippen LogP contribution < -0.4 is 4.74 Å². The number of ether oxygens (including phenoxy) is 1. The molecule has 2 heterocycles. The van der Waals surface area contributed by atoms with E-state index in [1.165, 1.54) is 12.1 Å². The van der Waals surface area contributed by atoms with E-state index in [1.54, 1.807) is 17.0 Å². The first kappa shape index (κ1) is 20.2. The van der Waals surface area contributed by atoms with Crippen LogP contribution in [0.25, 0.3) is 0 Å². The molecule has 0 N–H and O–H groups in total. The van der Waals surface area contributed by atoms with Gasteiger partial charge >= 0.3 is 6.61 Å². The van der Waals surface area contributed by atoms with Gasteiger partial charge in [-0.1, -0.05) is 30.6 Å². The molecule has 0 spiro atoms. The van der Waals surface area contributed by atoms with E-state index >= 15 is 0 Å². The quantitative estimate of drug-likeness (QED) is 0.686. The summed E-state index contributed by atoms with van der Waals surface area (Å²) >= 11 is 0. The highest BCUT2D eigenvalue weighted by molar-refractivity contribution is 5.97. The SMILES string of the molecule is CCCCc1nc(CN2CCN(C(=O)c3ccccc3OC(F)F)CC2)no1. The van der Waals surface area contributed by atoms with Crippen LogP contribution >= 0.6 is 0 Å². The van der Waals surface area contributed by atoms with Crippen LogP contribution in [-0.4, -0.2) is 58.6 Å². The number of nitrogens with zero attached hydrogens (tertiary/aromatic N) is 4. The molecule has 152 valence electrons. The normalized spacial score (nSPS) is 15.2. The molecule has 1 aliphatic rings. The molecule has 0 radical (unpaired) electrons. The number of alkyl halides is 2. The van der Waals surface area contributed by atoms with Gasteiger partial charge in [-0.15, -0.1) is 0 Å². The second kappa shape index (κ2) is 9.59. The summed E-state index contributed by atoms with van der Waals surface area (Å²) in [5, 5.41) is 4.01. The van der Waals surface area contributed by atoms with Crippen molar-refractivity contribution in [2.45, 2.75) is 39.3 Å². The van der Waals surface area contributed by atoms with Crippen molar-refractivity contribution < 1.29 is 22.8 Å². The summed E-state index contributed by atoms with van der Waals surface area (Å²) in [4.78, 5) is 20.9. The van der Waals surface area contributed by atoms with E-state index in [0.29, 0.717) is 44.4 Å². The number of amides is 1. The van der Waals surface area contributed by atoms with Crippen molar-refractivity contribution in [2.24, 2.45) is 0 Å². The molecule has 0 aliphatic carbocycles. The van der Waals surface area contributed by atoms with E-state index in [1.807, 2.05) is 0 Å². The molecular weight excluding hydrogens is 370 g/mol. The molecule has 1 aromatic carbocycles. The van der Waals surface area contributed by atoms with Crippen molar-refractivity contribution in [1.29, 1.82) is 0 Å². The summed E-state index contributed by atoms with van der Waals surface area (Å²) in [7, 11) is 0. The second-order valence-corrected chi connectivity index (χ2v) is 6.65. The monoisotopic (exact) mass is 394 g/mol. The van der Waals surface area contributed by atoms with Crippen LogP contribution in [0.5, 0.6) is 5.75 Å². The molecule has 0 atom stereocenters. The molecule has 1 amide bonds. The minimum Gasteiger partial charge on any atom is -0.434 e. The van der Waals surface area contributed by atoms with Gasteiger partial charge in [-0.3, -0.25) is 9.69 Å². The fraction of sp³-hybridized carbons (Fsp3) is 0.526. The van der Waals surface area contributed by atoms with Gasteiger partial charge in [-0.25, -0.2) is 0 Å². The number of piperazine rings is 1. The van der Waals surface area contributed by atoms with E-state index in [2.05, 4.69) is 26.7 Å². The zero-order valence-electron chi connectivity index (χ0n) is 15.8. The molecule has 1 saturated heterocycles. The van der Waals surface area contributed by atoms with E-state index in [-0.39, 0.29) is 17.2 Å². The molecule has 7 nitrogen and oxygen atoms in total. The standard InChI is InChI=1S/C19H24F2N4O3/c1-2-3-8-17-22-16(23-28-17)13-24-9-11-25(12-10-24)18(26)14-6-4-5-7-15(14)27-19(20)21/h4-7,19H,2-3,8-13H2,1H3. The second-order valence-electron chi connectivity index (χ2n) is 6.65. The molecule has 28 heavy (non-hydrogen) atoms. The third kappa shape index (κ3) is 5.25. The maximum absolute atomic E-state index is 12.7. The zero-order chi connectivity index (χ0) is 19.9. The molecule has 2 aromatic rings. The van der Waals surface area contributed by atoms with Crippen LogP contribution in [0.4, 0.5) is 8.78 Å². The van der Waals surface area contributed by atoms with Gasteiger partial charge in [-0.05, 0) is 18.6 Å². The largest absolute Gasteiger partial charge is 0.434 e. The first-order chi connectivity index (χ1) is 13.6. The summed E-state index contributed by atoms with van der Waals surface area (Å²) in [6, 6.07) is 6.08. The molecule has 1 aromatic heterocycles. The molecular formula is C19H24F2N4O3. The molecule has 1 aliphatic heterocycles. The smallest absolute Gasteiger partial charge is 0.387 e. The fourth-order valence-corrected chi connectivity index (χ4v) is 3.11. The van der Waals surface area contributed by atoms with E-state index in [4.69, 9.17) is 4.52 Å². The molecule has 3 rings (SSSR count). The predicted molar refractivity (Wildman–Crippen MR) is 97.2 cm³/mol. The first-order valence-electron chi connectivity index (χ1n) is 9.43. The Balaban J connectivity index is 1.54. The molecule has 0 bridgehead atoms. The number of halogens is 2. The van der Waals surface area contributed by atoms with E-state index in [0.717, 1.165) is 19.3 Å². The maximum atomic E-state index is 12.7. The number of carbonyl (C=O) groups excluding carboxylic acids is 1. The molecule has 0 saturated carbocycles. The Morgan fingerprint density at radius 3 is 2.71 bits per heavy atom. The number of unbranched alkanes of at least 4 members (excludes halogenated alkanes) is 1. The van der Waals surface area contributed by atoms with E-state index in [9.17, 15) is 13.6 Å². The number of benzene rings is 1. The van der Waals surface area contributed by atoms with Gasteiger partial charge in [-0.2, -0.15) is 13.8 Å². The highest BCUT2D eigenvalue weighted by Crippen LogP contribution is 2.22. The number of aryl methyl sites for hydroxylation is 1. The topological polar surface area (TPSA) is 71.7 Å². The lowest BCUT2D eigenvalue weighted by Crippen LogP contribution is -2.48. The van der Waals surface area contributed by atoms with Crippen molar-refractivity contribution in [2.75, 3.05) is 26.2 Å². The van der Waals surface area contributed by atoms with Gasteiger partial charge in [0.15, 0.2) is 5.82 Å². The number of carbonyl (C=O) groups is 1. The Morgan fingerprint density at radius 2 is 2.00 bits per heavy atom. The lowest BCUT2D eigenvalue weighted by molar-refractivity contribution is -0.0503. The molecule has 9 heteroatoms. The minimum absolute atomic E-state index is 0.101. The van der Waals surface area contributed by atoms with Gasteiger partial charge in [0.25, 0.3) is 5.91 Å². The number of rotatable bonds is 8. The number of para-hydroxylation sites is 1. The van der Waals surface area contributed by atoms with Crippen molar-refractivity contribution in [3.05, 3.63) is 41.5 Å². The average molecular weight is 394 g/mol. The Morgan fingerprint density at radius 1 is 1.25 bits per heavy atom. The lowest BCUT2D eigenvalue weighted by Gasteiger charge is -2.34. The Bertz CT molecular complexity index is 776. The third-order valence-corrected chi connectivity index (χ3v) is 4.61. The average Bonchev–Trinajstić information content (AvgIpc) is 3.13. The molecule has 1 fully saturated rings. The highest BCUT2D eigenvalue weighted by atomic mass is 19.3. The summed E-state index contributed by atoms with van der Waals surface area (Å²) in [5.41, 5.74) is 0.148. The van der Waals surface area contributed by atoms with Crippen LogP contribution in [0.1, 0.15) is 41.8 Å². The predicted octanol–water partition coefficient (Wildman–Crippen LogP) is 2.97. The van der Waals surface area contributed by atoms with E-state index < -0.39 is 6.61 Å². The van der Waals surface area contributed by atoms with Crippen molar-refractivity contribution >= 4 is 5.91 Å². The van der Waals surface area contributed by atoms with Crippen LogP contribution in [0.2, 0.25) is 0 Å². The van der Waals surface area contributed by atoms with Crippen LogP contribution in [0.3, 0.4) is 0 Å². The summed E-state index contributed by atoms with van der Waals surface area (Å²) < 4.78 is 34.8. The Hall–Kier alpha value is -2.55. The zero-order valence-corrected chi connectivity index (χ0v) is 15.8. The van der Waals surface area contributed by atoms with Gasteiger partial charge in [0.05, 0.1) is 12.1 Å². The number of hydrogen-bond acceptors (Lipinski definition) is 6. The van der Waals surface area contributed by atoms with Crippen molar-refractivity contribution in [3.8, 4) is 5.75 Å². The summed E-state index contributed by atoms with van der Waals surface area (Å²) in [6.07, 6.45) is 2.87. The Kier molecular flexibility index (Phi) is 6.91. The number of aromatic nitrogens is 2. The maximum Gasteiger partial charge on any atom is 0.387 e. The molecule has 0 unspecified atom stereocenters. The van der Waals surface area contributed by atoms with Crippen LogP contribution in [-0.2, 0) is 13.0 Å². The highest BCUT2D eigenvalue weighted by Gasteiger charge is 2.25. The van der Waals surface area contributed by atoms with Crippen LogP contribution in [0.15, 0.2) is 28.8 Å². The van der Waals surface area contributed by atoms with Gasteiger partial charge in [0.1, 0.15) is 5.75 Å². The number of hydrogen-bond donors (Lipinski definition) is 0. The summed E-state index contributed by atoms with van der Waals surface area (Å²) in [6.45, 7) is 1.96. The van der Waals surface area contributed by atoms with Crippen molar-refractivity contribution in [1.82, 2.24) is 19.9 Å². The summed E-state index contributed by atoms with van der Waals surface area (Å²) in [5.74, 6) is 0.886. The third-order valence-electron chi connectivity index (χ3n) is 4.61. The Labute approximate surface area is 162 Å².